The molecule has 0 amide bonds. The lowest BCUT2D eigenvalue weighted by Crippen LogP contribution is -2.06. The Labute approximate surface area is 87.7 Å². The molecular formula is C11H11NO3. The maximum Gasteiger partial charge on any atom is 0.340 e. The van der Waals surface area contributed by atoms with Gasteiger partial charge in [-0.25, -0.2) is 4.79 Å². The Morgan fingerprint density at radius 1 is 1.60 bits per heavy atom. The van der Waals surface area contributed by atoms with Gasteiger partial charge in [-0.3, -0.25) is 0 Å². The lowest BCUT2D eigenvalue weighted by Gasteiger charge is -2.09. The predicted molar refractivity (Wildman–Crippen MR) is 54.0 cm³/mol. The van der Waals surface area contributed by atoms with Crippen molar-refractivity contribution < 1.29 is 14.6 Å². The number of ether oxygens (including phenoxy) is 1. The highest BCUT2D eigenvalue weighted by atomic mass is 16.5. The summed E-state index contributed by atoms with van der Waals surface area (Å²) in [4.78, 5) is 11.0. The zero-order chi connectivity index (χ0) is 11.4. The molecule has 0 saturated heterocycles. The number of hydrogen-bond donors (Lipinski definition) is 1. The lowest BCUT2D eigenvalue weighted by molar-refractivity contribution is 0.0693. The number of aryl methyl sites for hydroxylation is 1. The van der Waals surface area contributed by atoms with Gasteiger partial charge in [0.15, 0.2) is 0 Å². The summed E-state index contributed by atoms with van der Waals surface area (Å²) < 4.78 is 4.92. The van der Waals surface area contributed by atoms with Crippen molar-refractivity contribution in [3.8, 4) is 11.8 Å². The highest BCUT2D eigenvalue weighted by molar-refractivity contribution is 5.94. The van der Waals surface area contributed by atoms with E-state index in [1.54, 1.807) is 12.1 Å². The number of methoxy groups -OCH3 is 1. The van der Waals surface area contributed by atoms with Crippen LogP contribution in [0.25, 0.3) is 0 Å². The summed E-state index contributed by atoms with van der Waals surface area (Å²) in [5, 5.41) is 17.9. The van der Waals surface area contributed by atoms with Gasteiger partial charge < -0.3 is 9.84 Å². The quantitative estimate of drug-likeness (QED) is 0.817. The molecule has 0 bridgehead atoms. The Bertz CT molecular complexity index is 432. The second-order valence-corrected chi connectivity index (χ2v) is 2.95. The topological polar surface area (TPSA) is 70.3 Å². The number of aromatic carboxylic acids is 1. The van der Waals surface area contributed by atoms with E-state index in [4.69, 9.17) is 15.1 Å². The van der Waals surface area contributed by atoms with E-state index in [1.165, 1.54) is 7.11 Å². The Hall–Kier alpha value is -2.02. The van der Waals surface area contributed by atoms with Gasteiger partial charge in [0.25, 0.3) is 0 Å². The molecule has 0 aromatic heterocycles. The summed E-state index contributed by atoms with van der Waals surface area (Å²) >= 11 is 0. The third-order valence-electron chi connectivity index (χ3n) is 2.18. The summed E-state index contributed by atoms with van der Waals surface area (Å²) in [6, 6.07) is 5.19. The molecule has 4 nitrogen and oxygen atoms in total. The monoisotopic (exact) mass is 205 g/mol. The van der Waals surface area contributed by atoms with Crippen molar-refractivity contribution in [2.75, 3.05) is 7.11 Å². The molecule has 0 heterocycles. The second kappa shape index (κ2) is 4.47. The lowest BCUT2D eigenvalue weighted by atomic mass is 9.99. The molecule has 1 aromatic rings. The van der Waals surface area contributed by atoms with Crippen LogP contribution >= 0.6 is 0 Å². The smallest absolute Gasteiger partial charge is 0.340 e. The third-order valence-corrected chi connectivity index (χ3v) is 2.18. The number of nitrogens with zero attached hydrogens (tertiary/aromatic N) is 1. The van der Waals surface area contributed by atoms with Gasteiger partial charge >= 0.3 is 5.97 Å². The van der Waals surface area contributed by atoms with Crippen molar-refractivity contribution in [3.63, 3.8) is 0 Å². The van der Waals surface area contributed by atoms with Crippen molar-refractivity contribution in [2.24, 2.45) is 0 Å². The first-order chi connectivity index (χ1) is 7.15. The highest BCUT2D eigenvalue weighted by Crippen LogP contribution is 2.25. The molecule has 15 heavy (non-hydrogen) atoms. The van der Waals surface area contributed by atoms with Crippen LogP contribution in [0.5, 0.6) is 5.75 Å². The minimum absolute atomic E-state index is 0.0562. The van der Waals surface area contributed by atoms with Gasteiger partial charge in [-0.05, 0) is 18.1 Å². The molecule has 4 heteroatoms. The zero-order valence-electron chi connectivity index (χ0n) is 8.57. The standard InChI is InChI=1S/C11H11NO3/c1-3-7-4-5-9(15-2)10(11(13)14)8(7)6-12/h4-5H,3H2,1-2H3,(H,13,14). The molecule has 0 fully saturated rings. The summed E-state index contributed by atoms with van der Waals surface area (Å²) in [6.07, 6.45) is 0.618. The number of rotatable bonds is 3. The van der Waals surface area contributed by atoms with Crippen LogP contribution in [0.3, 0.4) is 0 Å². The van der Waals surface area contributed by atoms with E-state index in [9.17, 15) is 4.79 Å². The van der Waals surface area contributed by atoms with Crippen LogP contribution < -0.4 is 4.74 Å². The predicted octanol–water partition coefficient (Wildman–Crippen LogP) is 1.83. The normalized spacial score (nSPS) is 9.40. The van der Waals surface area contributed by atoms with Gasteiger partial charge in [-0.1, -0.05) is 13.0 Å². The molecule has 0 aliphatic rings. The number of hydrogen-bond acceptors (Lipinski definition) is 3. The van der Waals surface area contributed by atoms with Gasteiger partial charge in [0.2, 0.25) is 0 Å². The molecule has 0 saturated carbocycles. The van der Waals surface area contributed by atoms with Crippen molar-refractivity contribution in [1.82, 2.24) is 0 Å². The van der Waals surface area contributed by atoms with E-state index in [0.29, 0.717) is 6.42 Å². The van der Waals surface area contributed by atoms with E-state index >= 15 is 0 Å². The van der Waals surface area contributed by atoms with Crippen LogP contribution in [-0.2, 0) is 6.42 Å². The van der Waals surface area contributed by atoms with E-state index in [0.717, 1.165) is 5.56 Å². The molecule has 0 aliphatic carbocycles. The van der Waals surface area contributed by atoms with Gasteiger partial charge in [-0.15, -0.1) is 0 Å². The van der Waals surface area contributed by atoms with Crippen LogP contribution in [0.2, 0.25) is 0 Å². The number of carboxylic acid groups (broad SMARTS) is 1. The van der Waals surface area contributed by atoms with Crippen molar-refractivity contribution >= 4 is 5.97 Å². The molecule has 78 valence electrons. The van der Waals surface area contributed by atoms with Gasteiger partial charge in [0, 0.05) is 0 Å². The summed E-state index contributed by atoms with van der Waals surface area (Å²) in [5.74, 6) is -0.921. The summed E-state index contributed by atoms with van der Waals surface area (Å²) in [6.45, 7) is 1.87. The number of benzene rings is 1. The summed E-state index contributed by atoms with van der Waals surface area (Å²) in [5.41, 5.74) is 0.847. The number of nitriles is 1. The molecule has 1 rings (SSSR count). The number of carbonyl (C=O) groups is 1. The zero-order valence-corrected chi connectivity index (χ0v) is 8.57. The molecule has 0 spiro atoms. The molecule has 0 radical (unpaired) electrons. The van der Waals surface area contributed by atoms with Crippen LogP contribution in [0.1, 0.15) is 28.4 Å². The largest absolute Gasteiger partial charge is 0.496 e. The van der Waals surface area contributed by atoms with Crippen LogP contribution in [0, 0.1) is 11.3 Å². The van der Waals surface area contributed by atoms with Crippen LogP contribution in [-0.4, -0.2) is 18.2 Å². The van der Waals surface area contributed by atoms with Crippen molar-refractivity contribution in [2.45, 2.75) is 13.3 Å². The molecule has 0 aliphatic heterocycles. The maximum absolute atomic E-state index is 11.0. The fourth-order valence-corrected chi connectivity index (χ4v) is 1.43. The molecule has 0 atom stereocenters. The van der Waals surface area contributed by atoms with Crippen LogP contribution in [0.15, 0.2) is 12.1 Å². The van der Waals surface area contributed by atoms with Crippen molar-refractivity contribution in [3.05, 3.63) is 28.8 Å². The second-order valence-electron chi connectivity index (χ2n) is 2.95. The Morgan fingerprint density at radius 2 is 2.27 bits per heavy atom. The van der Waals surface area contributed by atoms with Crippen LogP contribution in [0.4, 0.5) is 0 Å². The number of carboxylic acids is 1. The average Bonchev–Trinajstić information content (AvgIpc) is 2.26. The van der Waals surface area contributed by atoms with E-state index in [2.05, 4.69) is 0 Å². The Morgan fingerprint density at radius 3 is 2.67 bits per heavy atom. The molecule has 0 unspecified atom stereocenters. The van der Waals surface area contributed by atoms with E-state index < -0.39 is 5.97 Å². The Balaban J connectivity index is 3.53. The average molecular weight is 205 g/mol. The molecule has 1 aromatic carbocycles. The molecule has 1 N–H and O–H groups in total. The van der Waals surface area contributed by atoms with E-state index in [-0.39, 0.29) is 16.9 Å². The van der Waals surface area contributed by atoms with Gasteiger partial charge in [0.1, 0.15) is 17.4 Å². The van der Waals surface area contributed by atoms with Crippen molar-refractivity contribution in [1.29, 1.82) is 5.26 Å². The SMILES string of the molecule is CCc1ccc(OC)c(C(=O)O)c1C#N. The fraction of sp³-hybridized carbons (Fsp3) is 0.273. The minimum atomic E-state index is -1.14. The maximum atomic E-state index is 11.0. The molecular weight excluding hydrogens is 194 g/mol. The first-order valence-electron chi connectivity index (χ1n) is 4.49. The highest BCUT2D eigenvalue weighted by Gasteiger charge is 2.18. The van der Waals surface area contributed by atoms with E-state index in [1.807, 2.05) is 13.0 Å². The first kappa shape index (κ1) is 11.1. The minimum Gasteiger partial charge on any atom is -0.496 e. The fourth-order valence-electron chi connectivity index (χ4n) is 1.43. The first-order valence-corrected chi connectivity index (χ1v) is 4.49. The van der Waals surface area contributed by atoms with Gasteiger partial charge in [0.05, 0.1) is 12.7 Å². The van der Waals surface area contributed by atoms with Gasteiger partial charge in [-0.2, -0.15) is 5.26 Å². The third kappa shape index (κ3) is 1.91. The Kier molecular flexibility index (Phi) is 3.29. The summed E-state index contributed by atoms with van der Waals surface area (Å²) in [7, 11) is 1.38.